The molecule has 12 aromatic rings. The Morgan fingerprint density at radius 2 is 1.37 bits per heavy atom. The highest BCUT2D eigenvalue weighted by Gasteiger charge is 2.27. The van der Waals surface area contributed by atoms with Gasteiger partial charge in [-0.1, -0.05) is 124 Å². The summed E-state index contributed by atoms with van der Waals surface area (Å²) in [6.07, 6.45) is 3.53. The third kappa shape index (κ3) is 6.54. The fraction of sp³-hybridized carbons (Fsp3) is 0.0862. The molecule has 0 radical (unpaired) electrons. The summed E-state index contributed by atoms with van der Waals surface area (Å²) >= 11 is 0. The van der Waals surface area contributed by atoms with Crippen molar-refractivity contribution in [3.05, 3.63) is 206 Å². The van der Waals surface area contributed by atoms with Gasteiger partial charge in [0.05, 0.1) is 24.7 Å². The summed E-state index contributed by atoms with van der Waals surface area (Å²) in [5, 5.41) is 3.05. The average molecular weight is 856 g/mol. The summed E-state index contributed by atoms with van der Waals surface area (Å²) in [5.41, 5.74) is 4.46. The summed E-state index contributed by atoms with van der Waals surface area (Å²) < 4.78 is 131. The Balaban J connectivity index is 1.10. The number of para-hydroxylation sites is 2. The van der Waals surface area contributed by atoms with Gasteiger partial charge in [-0.2, -0.15) is 9.13 Å². The second kappa shape index (κ2) is 14.9. The van der Waals surface area contributed by atoms with E-state index in [0.717, 1.165) is 33.2 Å². The van der Waals surface area contributed by atoms with Crippen LogP contribution < -0.4 is 9.30 Å². The molecule has 5 heterocycles. The Hall–Kier alpha value is -8.29. The molecule has 0 bridgehead atoms. The van der Waals surface area contributed by atoms with Crippen molar-refractivity contribution in [2.24, 2.45) is 0 Å². The van der Waals surface area contributed by atoms with Crippen molar-refractivity contribution in [3.63, 3.8) is 0 Å². The molecule has 312 valence electrons. The molecular formula is C58H44N5O2+. The number of fused-ring (bicyclic) bond motifs is 7. The Kier molecular flexibility index (Phi) is 6.20. The molecule has 5 aromatic heterocycles. The van der Waals surface area contributed by atoms with Gasteiger partial charge in [0.15, 0.2) is 11.0 Å². The second-order valence-corrected chi connectivity index (χ2v) is 16.8. The van der Waals surface area contributed by atoms with Crippen LogP contribution in [-0.2, 0) is 5.41 Å². The van der Waals surface area contributed by atoms with Crippen LogP contribution in [0.5, 0.6) is 11.5 Å². The highest BCUT2D eigenvalue weighted by molar-refractivity contribution is 6.10. The first-order valence-electron chi connectivity index (χ1n) is 27.5. The molecule has 0 saturated heterocycles. The summed E-state index contributed by atoms with van der Waals surface area (Å²) in [4.78, 5) is 9.21. The Morgan fingerprint density at radius 1 is 0.646 bits per heavy atom. The highest BCUT2D eigenvalue weighted by atomic mass is 16.5. The SMILES string of the molecule is [2H]c1c([2H])c([2H])c(-c2cccc(-c3c([2H])c([2H])c([2H])c([2H])c3[2H])c2-[n+]2cn(-c3cccc(Oc4ccc5c6ccccc6n(-c6cc(C(C)(C)C)ccn6)c5c4)c3)c3cc4oc5nc(C([2H])([2H])[2H])ccc5c4cc32)c([2H])c1[2H]. The number of pyridine rings is 2. The molecule has 0 saturated carbocycles. The summed E-state index contributed by atoms with van der Waals surface area (Å²) in [6.45, 7) is 3.96. The predicted molar refractivity (Wildman–Crippen MR) is 263 cm³/mol. The molecule has 0 aliphatic heterocycles. The lowest BCUT2D eigenvalue weighted by molar-refractivity contribution is -0.566. The maximum absolute atomic E-state index is 9.18. The van der Waals surface area contributed by atoms with Crippen LogP contribution in [0.25, 0.3) is 94.4 Å². The molecule has 0 spiro atoms. The van der Waals surface area contributed by atoms with E-state index in [-0.39, 0.29) is 44.8 Å². The first kappa shape index (κ1) is 27.0. The van der Waals surface area contributed by atoms with E-state index in [1.165, 1.54) is 6.07 Å². The minimum absolute atomic E-state index is 0.0628. The van der Waals surface area contributed by atoms with Crippen molar-refractivity contribution in [3.8, 4) is 50.9 Å². The van der Waals surface area contributed by atoms with E-state index in [1.807, 2.05) is 71.4 Å². The van der Waals surface area contributed by atoms with Crippen LogP contribution >= 0.6 is 0 Å². The van der Waals surface area contributed by atoms with Crippen molar-refractivity contribution < 1.29 is 31.5 Å². The van der Waals surface area contributed by atoms with Crippen molar-refractivity contribution in [2.45, 2.75) is 33.0 Å². The number of nitrogens with zero attached hydrogens (tertiary/aromatic N) is 5. The van der Waals surface area contributed by atoms with E-state index in [9.17, 15) is 5.48 Å². The van der Waals surface area contributed by atoms with Gasteiger partial charge in [-0.3, -0.25) is 4.57 Å². The Labute approximate surface area is 394 Å². The fourth-order valence-electron chi connectivity index (χ4n) is 8.77. The van der Waals surface area contributed by atoms with E-state index in [1.54, 1.807) is 47.3 Å². The van der Waals surface area contributed by atoms with Crippen molar-refractivity contribution in [1.29, 1.82) is 0 Å². The number of benzene rings is 7. The number of furan rings is 1. The fourth-order valence-corrected chi connectivity index (χ4v) is 8.77. The topological polar surface area (TPSA) is 61.9 Å². The van der Waals surface area contributed by atoms with Crippen molar-refractivity contribution >= 4 is 54.9 Å². The maximum atomic E-state index is 9.18. The van der Waals surface area contributed by atoms with Crippen molar-refractivity contribution in [2.75, 3.05) is 0 Å². The van der Waals surface area contributed by atoms with Crippen LogP contribution in [0, 0.1) is 6.85 Å². The normalized spacial score (nSPS) is 15.0. The molecule has 7 heteroatoms. The molecule has 65 heavy (non-hydrogen) atoms. The van der Waals surface area contributed by atoms with Gasteiger partial charge in [-0.15, -0.1) is 0 Å². The Bertz CT molecular complexity index is 4390. The zero-order valence-electron chi connectivity index (χ0n) is 48.3. The molecule has 0 amide bonds. The molecule has 0 fully saturated rings. The molecule has 0 aliphatic rings. The van der Waals surface area contributed by atoms with Gasteiger partial charge < -0.3 is 9.15 Å². The van der Waals surface area contributed by atoms with Gasteiger partial charge in [0, 0.05) is 72.9 Å². The number of hydrogen-bond acceptors (Lipinski definition) is 4. The van der Waals surface area contributed by atoms with Crippen LogP contribution in [0.4, 0.5) is 0 Å². The molecule has 7 nitrogen and oxygen atoms in total. The van der Waals surface area contributed by atoms with Crippen LogP contribution in [-0.4, -0.2) is 19.1 Å². The van der Waals surface area contributed by atoms with E-state index in [4.69, 9.17) is 26.5 Å². The van der Waals surface area contributed by atoms with E-state index in [0.29, 0.717) is 44.6 Å². The van der Waals surface area contributed by atoms with Gasteiger partial charge in [-0.25, -0.2) is 9.97 Å². The lowest BCUT2D eigenvalue weighted by atomic mass is 9.88. The van der Waals surface area contributed by atoms with Crippen LogP contribution in [0.1, 0.15) is 49.8 Å². The second-order valence-electron chi connectivity index (χ2n) is 16.8. The number of aryl methyl sites for hydroxylation is 1. The predicted octanol–water partition coefficient (Wildman–Crippen LogP) is 14.4. The first-order valence-corrected chi connectivity index (χ1v) is 21.0. The minimum Gasteiger partial charge on any atom is -0.457 e. The monoisotopic (exact) mass is 855 g/mol. The number of aromatic nitrogens is 5. The molecule has 0 unspecified atom stereocenters. The molecular weight excluding hydrogens is 799 g/mol. The molecule has 12 rings (SSSR count). The van der Waals surface area contributed by atoms with Gasteiger partial charge in [0.2, 0.25) is 5.71 Å². The summed E-state index contributed by atoms with van der Waals surface area (Å²) in [7, 11) is 0. The van der Waals surface area contributed by atoms with Gasteiger partial charge in [0.25, 0.3) is 6.33 Å². The summed E-state index contributed by atoms with van der Waals surface area (Å²) in [6, 6.07) is 31.0. The van der Waals surface area contributed by atoms with Crippen LogP contribution in [0.2, 0.25) is 0 Å². The Morgan fingerprint density at radius 3 is 2.14 bits per heavy atom. The maximum Gasteiger partial charge on any atom is 0.255 e. The molecule has 0 atom stereocenters. The number of imidazole rings is 1. The minimum atomic E-state index is -2.53. The number of rotatable bonds is 7. The molecule has 0 N–H and O–H groups in total. The van der Waals surface area contributed by atoms with Gasteiger partial charge >= 0.3 is 0 Å². The zero-order chi connectivity index (χ0) is 55.0. The van der Waals surface area contributed by atoms with Gasteiger partial charge in [-0.05, 0) is 83.6 Å². The number of hydrogen-bond donors (Lipinski definition) is 0. The number of ether oxygens (including phenoxy) is 1. The van der Waals surface area contributed by atoms with Crippen LogP contribution in [0.3, 0.4) is 0 Å². The molecule has 7 aromatic carbocycles. The zero-order valence-corrected chi connectivity index (χ0v) is 35.3. The smallest absolute Gasteiger partial charge is 0.255 e. The third-order valence-electron chi connectivity index (χ3n) is 11.8. The average Bonchev–Trinajstić information content (AvgIpc) is 4.29. The highest BCUT2D eigenvalue weighted by Crippen LogP contribution is 2.39. The lowest BCUT2D eigenvalue weighted by Gasteiger charge is -2.20. The van der Waals surface area contributed by atoms with E-state index in [2.05, 4.69) is 48.5 Å². The largest absolute Gasteiger partial charge is 0.457 e. The standard InChI is InChI=1S/C58H44N5O2/c1-37-25-27-48-49-34-52-53(35-54(49)65-57(48)60-37)61(36-62(52)56-44(38-15-7-5-8-16-38)22-14-23-45(56)39-17-9-6-10-18-39)41-19-13-20-42(32-41)64-43-26-28-47-46-21-11-12-24-50(46)63(51(47)33-43)55-31-40(29-30-59-55)58(2,3)4/h5-36H,1-4H3/q+1/i1D3,5D,6D,7D,8D,9D,10D,15D,16D,17D,18D. The van der Waals surface area contributed by atoms with E-state index < -0.39 is 67.3 Å². The third-order valence-corrected chi connectivity index (χ3v) is 11.8. The lowest BCUT2D eigenvalue weighted by Crippen LogP contribution is -2.31. The first-order chi connectivity index (χ1) is 37.1. The summed E-state index contributed by atoms with van der Waals surface area (Å²) in [5.74, 6) is 1.74. The van der Waals surface area contributed by atoms with Gasteiger partial charge in [0.1, 0.15) is 34.3 Å². The molecule has 0 aliphatic carbocycles. The van der Waals surface area contributed by atoms with Crippen molar-refractivity contribution in [1.82, 2.24) is 19.1 Å². The quantitative estimate of drug-likeness (QED) is 0.150. The van der Waals surface area contributed by atoms with E-state index >= 15 is 0 Å². The van der Waals surface area contributed by atoms with Crippen LogP contribution in [0.15, 0.2) is 199 Å².